The van der Waals surface area contributed by atoms with E-state index in [0.717, 1.165) is 5.56 Å². The molecule has 2 aromatic carbocycles. The molecule has 1 heterocycles. The summed E-state index contributed by atoms with van der Waals surface area (Å²) >= 11 is 6.22. The molecular formula is C22H20ClNO4. The summed E-state index contributed by atoms with van der Waals surface area (Å²) in [5, 5.41) is 12.2. The molecule has 1 amide bonds. The second-order valence-corrected chi connectivity index (χ2v) is 7.85. The molecule has 0 saturated heterocycles. The largest absolute Gasteiger partial charge is 0.475 e. The molecule has 28 heavy (non-hydrogen) atoms. The van der Waals surface area contributed by atoms with Crippen LogP contribution in [-0.4, -0.2) is 17.0 Å². The minimum Gasteiger partial charge on any atom is -0.475 e. The number of hydrogen-bond acceptors (Lipinski definition) is 3. The second kappa shape index (κ2) is 7.52. The van der Waals surface area contributed by atoms with Crippen molar-refractivity contribution in [2.75, 3.05) is 5.32 Å². The van der Waals surface area contributed by atoms with Gasteiger partial charge in [0.05, 0.1) is 10.7 Å². The van der Waals surface area contributed by atoms with Crippen LogP contribution in [0.4, 0.5) is 5.69 Å². The number of furan rings is 1. The van der Waals surface area contributed by atoms with Crippen LogP contribution in [-0.2, 0) is 5.41 Å². The summed E-state index contributed by atoms with van der Waals surface area (Å²) in [6.07, 6.45) is 0. The van der Waals surface area contributed by atoms with E-state index in [1.165, 1.54) is 6.07 Å². The molecule has 0 aliphatic carbocycles. The van der Waals surface area contributed by atoms with Gasteiger partial charge in [0, 0.05) is 11.1 Å². The molecule has 1 aromatic heterocycles. The van der Waals surface area contributed by atoms with Gasteiger partial charge < -0.3 is 14.8 Å². The van der Waals surface area contributed by atoms with Crippen molar-refractivity contribution < 1.29 is 19.1 Å². The van der Waals surface area contributed by atoms with Crippen molar-refractivity contribution in [3.63, 3.8) is 0 Å². The molecule has 5 nitrogen and oxygen atoms in total. The van der Waals surface area contributed by atoms with Crippen LogP contribution in [0.1, 0.15) is 47.2 Å². The van der Waals surface area contributed by atoms with E-state index < -0.39 is 5.97 Å². The average molecular weight is 398 g/mol. The van der Waals surface area contributed by atoms with Crippen molar-refractivity contribution in [3.05, 3.63) is 76.5 Å². The number of rotatable bonds is 4. The Hall–Kier alpha value is -3.05. The van der Waals surface area contributed by atoms with E-state index in [1.54, 1.807) is 36.4 Å². The van der Waals surface area contributed by atoms with Crippen LogP contribution in [0.2, 0.25) is 5.02 Å². The highest BCUT2D eigenvalue weighted by molar-refractivity contribution is 6.34. The molecule has 144 valence electrons. The maximum Gasteiger partial charge on any atom is 0.371 e. The molecule has 0 aliphatic heterocycles. The number of nitrogens with one attached hydrogen (secondary N) is 1. The third-order valence-electron chi connectivity index (χ3n) is 4.33. The summed E-state index contributed by atoms with van der Waals surface area (Å²) in [5.41, 5.74) is 2.68. The summed E-state index contributed by atoms with van der Waals surface area (Å²) in [7, 11) is 0. The van der Waals surface area contributed by atoms with Gasteiger partial charge in [-0.15, -0.1) is 0 Å². The van der Waals surface area contributed by atoms with Crippen LogP contribution in [0, 0.1) is 0 Å². The molecule has 0 fully saturated rings. The summed E-state index contributed by atoms with van der Waals surface area (Å²) in [6, 6.07) is 15.3. The Morgan fingerprint density at radius 2 is 1.68 bits per heavy atom. The number of anilines is 1. The fraction of sp³-hybridized carbons (Fsp3) is 0.182. The molecule has 0 atom stereocenters. The number of carbonyl (C=O) groups excluding carboxylic acids is 1. The van der Waals surface area contributed by atoms with E-state index in [1.807, 2.05) is 12.1 Å². The van der Waals surface area contributed by atoms with Gasteiger partial charge in [0.15, 0.2) is 0 Å². The Morgan fingerprint density at radius 1 is 1.00 bits per heavy atom. The number of halogens is 1. The number of carboxylic acid groups (broad SMARTS) is 1. The molecule has 3 aromatic rings. The maximum atomic E-state index is 12.6. The van der Waals surface area contributed by atoms with Gasteiger partial charge in [-0.1, -0.05) is 44.5 Å². The summed E-state index contributed by atoms with van der Waals surface area (Å²) in [4.78, 5) is 23.6. The van der Waals surface area contributed by atoms with Gasteiger partial charge in [-0.25, -0.2) is 4.79 Å². The van der Waals surface area contributed by atoms with Gasteiger partial charge in [0.1, 0.15) is 5.76 Å². The van der Waals surface area contributed by atoms with Crippen LogP contribution in [0.25, 0.3) is 11.3 Å². The van der Waals surface area contributed by atoms with Crippen molar-refractivity contribution in [2.45, 2.75) is 26.2 Å². The van der Waals surface area contributed by atoms with Crippen molar-refractivity contribution in [3.8, 4) is 11.3 Å². The first kappa shape index (κ1) is 19.7. The van der Waals surface area contributed by atoms with Crippen LogP contribution >= 0.6 is 11.6 Å². The maximum absolute atomic E-state index is 12.6. The topological polar surface area (TPSA) is 79.5 Å². The zero-order chi connectivity index (χ0) is 20.5. The van der Waals surface area contributed by atoms with E-state index >= 15 is 0 Å². The molecule has 0 saturated carbocycles. The summed E-state index contributed by atoms with van der Waals surface area (Å²) in [5.74, 6) is -1.22. The first-order valence-corrected chi connectivity index (χ1v) is 9.08. The molecule has 0 radical (unpaired) electrons. The highest BCUT2D eigenvalue weighted by Gasteiger charge is 2.16. The normalized spacial score (nSPS) is 11.3. The molecule has 3 rings (SSSR count). The van der Waals surface area contributed by atoms with Gasteiger partial charge in [0.2, 0.25) is 5.76 Å². The lowest BCUT2D eigenvalue weighted by Gasteiger charge is -2.19. The third kappa shape index (κ3) is 4.26. The number of carboxylic acids is 1. The lowest BCUT2D eigenvalue weighted by atomic mass is 9.87. The molecule has 2 N–H and O–H groups in total. The van der Waals surface area contributed by atoms with E-state index in [0.29, 0.717) is 27.6 Å². The predicted molar refractivity (Wildman–Crippen MR) is 109 cm³/mol. The molecule has 6 heteroatoms. The SMILES string of the molecule is CC(C)(C)c1ccc(C(=O)Nc2cc(-c3ccc(C(=O)O)o3)ccc2Cl)cc1. The molecule has 0 spiro atoms. The number of carbonyl (C=O) groups is 2. The zero-order valence-electron chi connectivity index (χ0n) is 15.7. The first-order chi connectivity index (χ1) is 13.1. The van der Waals surface area contributed by atoms with E-state index in [4.69, 9.17) is 21.1 Å². The summed E-state index contributed by atoms with van der Waals surface area (Å²) in [6.45, 7) is 6.33. The monoisotopic (exact) mass is 397 g/mol. The van der Waals surface area contributed by atoms with E-state index in [-0.39, 0.29) is 17.1 Å². The van der Waals surface area contributed by atoms with Crippen molar-refractivity contribution in [1.82, 2.24) is 0 Å². The Balaban J connectivity index is 1.83. The molecule has 0 aliphatic rings. The minimum absolute atomic E-state index is 0.00446. The van der Waals surface area contributed by atoms with E-state index in [9.17, 15) is 9.59 Å². The number of aromatic carboxylic acids is 1. The minimum atomic E-state index is -1.15. The van der Waals surface area contributed by atoms with Crippen LogP contribution in [0.15, 0.2) is 59.0 Å². The standard InChI is InChI=1S/C22H20ClNO4/c1-22(2,3)15-7-4-13(5-8-15)20(25)24-17-12-14(6-9-16(17)23)18-10-11-19(28-18)21(26)27/h4-12H,1-3H3,(H,24,25)(H,26,27). The van der Waals surface area contributed by atoms with Crippen molar-refractivity contribution in [1.29, 1.82) is 0 Å². The Bertz CT molecular complexity index is 1030. The Labute approximate surface area is 167 Å². The molecule has 0 bridgehead atoms. The van der Waals surface area contributed by atoms with Gasteiger partial charge in [-0.3, -0.25) is 4.79 Å². The third-order valence-corrected chi connectivity index (χ3v) is 4.66. The van der Waals surface area contributed by atoms with Crippen LogP contribution in [0.5, 0.6) is 0 Å². The highest BCUT2D eigenvalue weighted by Crippen LogP contribution is 2.30. The van der Waals surface area contributed by atoms with Crippen molar-refractivity contribution >= 4 is 29.2 Å². The van der Waals surface area contributed by atoms with Gasteiger partial charge in [0.25, 0.3) is 5.91 Å². The number of hydrogen-bond donors (Lipinski definition) is 2. The fourth-order valence-electron chi connectivity index (χ4n) is 2.70. The van der Waals surface area contributed by atoms with E-state index in [2.05, 4.69) is 26.1 Å². The fourth-order valence-corrected chi connectivity index (χ4v) is 2.86. The molecule has 0 unspecified atom stereocenters. The number of benzene rings is 2. The van der Waals surface area contributed by atoms with Crippen LogP contribution < -0.4 is 5.32 Å². The second-order valence-electron chi connectivity index (χ2n) is 7.45. The predicted octanol–water partition coefficient (Wildman–Crippen LogP) is 5.85. The smallest absolute Gasteiger partial charge is 0.371 e. The number of amides is 1. The average Bonchev–Trinajstić information content (AvgIpc) is 3.13. The lowest BCUT2D eigenvalue weighted by molar-refractivity contribution is 0.0663. The Morgan fingerprint density at radius 3 is 2.25 bits per heavy atom. The van der Waals surface area contributed by atoms with Gasteiger partial charge >= 0.3 is 5.97 Å². The summed E-state index contributed by atoms with van der Waals surface area (Å²) < 4.78 is 5.31. The van der Waals surface area contributed by atoms with Crippen LogP contribution in [0.3, 0.4) is 0 Å². The zero-order valence-corrected chi connectivity index (χ0v) is 16.5. The molecular weight excluding hydrogens is 378 g/mol. The highest BCUT2D eigenvalue weighted by atomic mass is 35.5. The Kier molecular flexibility index (Phi) is 5.29. The van der Waals surface area contributed by atoms with Gasteiger partial charge in [-0.05, 0) is 53.4 Å². The quantitative estimate of drug-likeness (QED) is 0.578. The lowest BCUT2D eigenvalue weighted by Crippen LogP contribution is -2.14. The van der Waals surface area contributed by atoms with Gasteiger partial charge in [-0.2, -0.15) is 0 Å². The first-order valence-electron chi connectivity index (χ1n) is 8.70. The van der Waals surface area contributed by atoms with Crippen molar-refractivity contribution in [2.24, 2.45) is 0 Å².